The van der Waals surface area contributed by atoms with Gasteiger partial charge in [0.25, 0.3) is 0 Å². The van der Waals surface area contributed by atoms with Crippen molar-refractivity contribution < 1.29 is 0 Å². The maximum Gasteiger partial charge on any atom is -0.00114 e. The fourth-order valence-electron chi connectivity index (χ4n) is 1.50. The van der Waals surface area contributed by atoms with Crippen molar-refractivity contribution in [2.45, 2.75) is 26.2 Å². The summed E-state index contributed by atoms with van der Waals surface area (Å²) in [6.45, 7) is 3.29. The van der Waals surface area contributed by atoms with Gasteiger partial charge >= 0.3 is 0 Å². The van der Waals surface area contributed by atoms with Crippen LogP contribution in [0.5, 0.6) is 0 Å². The Balaban J connectivity index is 2.56. The summed E-state index contributed by atoms with van der Waals surface area (Å²) >= 11 is 0. The summed E-state index contributed by atoms with van der Waals surface area (Å²) in [6, 6.07) is 8.90. The van der Waals surface area contributed by atoms with E-state index in [1.54, 1.807) is 0 Å². The molecule has 0 heterocycles. The van der Waals surface area contributed by atoms with E-state index in [2.05, 4.69) is 36.5 Å². The van der Waals surface area contributed by atoms with Gasteiger partial charge in [-0.2, -0.15) is 0 Å². The zero-order valence-electron chi connectivity index (χ0n) is 8.64. The molecule has 0 saturated carbocycles. The third-order valence-corrected chi connectivity index (χ3v) is 2.19. The number of aryl methyl sites for hydroxylation is 1. The van der Waals surface area contributed by atoms with Gasteiger partial charge in [-0.25, -0.2) is 0 Å². The number of benzene rings is 1. The summed E-state index contributed by atoms with van der Waals surface area (Å²) in [5, 5.41) is 3.17. The van der Waals surface area contributed by atoms with Crippen LogP contribution >= 0.6 is 0 Å². The molecule has 13 heavy (non-hydrogen) atoms. The van der Waals surface area contributed by atoms with E-state index in [4.69, 9.17) is 0 Å². The molecule has 0 spiro atoms. The molecule has 1 heteroatoms. The van der Waals surface area contributed by atoms with Crippen molar-refractivity contribution in [2.75, 3.05) is 13.6 Å². The molecule has 0 unspecified atom stereocenters. The van der Waals surface area contributed by atoms with E-state index in [9.17, 15) is 0 Å². The Bertz CT molecular complexity index is 243. The molecular formula is C12H19N. The summed E-state index contributed by atoms with van der Waals surface area (Å²) in [7, 11) is 2.00. The summed E-state index contributed by atoms with van der Waals surface area (Å²) in [5.74, 6) is 0. The highest BCUT2D eigenvalue weighted by Gasteiger charge is 1.94. The summed E-state index contributed by atoms with van der Waals surface area (Å²) < 4.78 is 0. The van der Waals surface area contributed by atoms with Crippen molar-refractivity contribution in [1.29, 1.82) is 0 Å². The number of hydrogen-bond donors (Lipinski definition) is 1. The second-order valence-corrected chi connectivity index (χ2v) is 3.42. The Labute approximate surface area is 81.2 Å². The predicted octanol–water partition coefficient (Wildman–Crippen LogP) is 2.40. The van der Waals surface area contributed by atoms with Gasteiger partial charge in [0, 0.05) is 0 Å². The quantitative estimate of drug-likeness (QED) is 0.728. The third kappa shape index (κ3) is 3.60. The van der Waals surface area contributed by atoms with Crippen LogP contribution in [0.15, 0.2) is 24.3 Å². The minimum Gasteiger partial charge on any atom is -0.319 e. The van der Waals surface area contributed by atoms with Crippen molar-refractivity contribution in [3.8, 4) is 0 Å². The van der Waals surface area contributed by atoms with Gasteiger partial charge in [-0.1, -0.05) is 37.6 Å². The van der Waals surface area contributed by atoms with E-state index in [0.717, 1.165) is 13.0 Å². The third-order valence-electron chi connectivity index (χ3n) is 2.19. The average Bonchev–Trinajstić information content (AvgIpc) is 2.16. The van der Waals surface area contributed by atoms with Gasteiger partial charge in [0.05, 0.1) is 0 Å². The average molecular weight is 177 g/mol. The molecule has 0 amide bonds. The van der Waals surface area contributed by atoms with Gasteiger partial charge in [-0.05, 0) is 37.6 Å². The minimum atomic E-state index is 1.07. The normalized spacial score (nSPS) is 10.3. The maximum atomic E-state index is 3.17. The summed E-state index contributed by atoms with van der Waals surface area (Å²) in [6.07, 6.45) is 3.57. The predicted molar refractivity (Wildman–Crippen MR) is 58.1 cm³/mol. The molecule has 1 N–H and O–H groups in total. The summed E-state index contributed by atoms with van der Waals surface area (Å²) in [4.78, 5) is 0. The highest BCUT2D eigenvalue weighted by molar-refractivity contribution is 5.23. The molecule has 0 atom stereocenters. The molecule has 0 aliphatic heterocycles. The fraction of sp³-hybridized carbons (Fsp3) is 0.500. The van der Waals surface area contributed by atoms with Crippen LogP contribution in [-0.4, -0.2) is 13.6 Å². The highest BCUT2D eigenvalue weighted by Crippen LogP contribution is 2.07. The first-order chi connectivity index (χ1) is 6.36. The van der Waals surface area contributed by atoms with Crippen molar-refractivity contribution in [3.63, 3.8) is 0 Å². The highest BCUT2D eigenvalue weighted by atomic mass is 14.8. The Morgan fingerprint density at radius 2 is 1.85 bits per heavy atom. The van der Waals surface area contributed by atoms with Gasteiger partial charge in [0.1, 0.15) is 0 Å². The van der Waals surface area contributed by atoms with Gasteiger partial charge in [0.15, 0.2) is 0 Å². The lowest BCUT2D eigenvalue weighted by Crippen LogP contribution is -2.10. The number of likely N-dealkylation sites (N-methyl/N-ethyl adjacent to an activating group) is 1. The molecule has 1 nitrogen and oxygen atoms in total. The topological polar surface area (TPSA) is 12.0 Å². The van der Waals surface area contributed by atoms with Crippen LogP contribution < -0.4 is 5.32 Å². The molecule has 0 fully saturated rings. The molecule has 0 bridgehead atoms. The zero-order valence-corrected chi connectivity index (χ0v) is 8.64. The number of hydrogen-bond acceptors (Lipinski definition) is 1. The van der Waals surface area contributed by atoms with E-state index in [1.807, 2.05) is 7.05 Å². The standard InChI is InChI=1S/C12H19N/c1-3-5-11-6-4-7-12(10-11)8-9-13-2/h4,6-7,10,13H,3,5,8-9H2,1-2H3. The Morgan fingerprint density at radius 3 is 2.46 bits per heavy atom. The van der Waals surface area contributed by atoms with E-state index in [1.165, 1.54) is 24.0 Å². The zero-order chi connectivity index (χ0) is 9.52. The van der Waals surface area contributed by atoms with E-state index in [0.29, 0.717) is 0 Å². The van der Waals surface area contributed by atoms with Crippen LogP contribution in [0.4, 0.5) is 0 Å². The molecule has 0 aliphatic rings. The second-order valence-electron chi connectivity index (χ2n) is 3.42. The van der Waals surface area contributed by atoms with Crippen molar-refractivity contribution in [1.82, 2.24) is 5.32 Å². The molecule has 1 aromatic carbocycles. The van der Waals surface area contributed by atoms with Crippen molar-refractivity contribution in [2.24, 2.45) is 0 Å². The summed E-state index contributed by atoms with van der Waals surface area (Å²) in [5.41, 5.74) is 2.91. The Hall–Kier alpha value is -0.820. The monoisotopic (exact) mass is 177 g/mol. The molecular weight excluding hydrogens is 158 g/mol. The van der Waals surface area contributed by atoms with E-state index >= 15 is 0 Å². The number of rotatable bonds is 5. The molecule has 72 valence electrons. The smallest absolute Gasteiger partial charge is 0.00114 e. The number of nitrogens with one attached hydrogen (secondary N) is 1. The lowest BCUT2D eigenvalue weighted by atomic mass is 10.1. The first-order valence-electron chi connectivity index (χ1n) is 5.09. The van der Waals surface area contributed by atoms with Crippen LogP contribution in [0.2, 0.25) is 0 Å². The van der Waals surface area contributed by atoms with Crippen molar-refractivity contribution in [3.05, 3.63) is 35.4 Å². The van der Waals surface area contributed by atoms with Crippen molar-refractivity contribution >= 4 is 0 Å². The van der Waals surface area contributed by atoms with Gasteiger partial charge in [-0.15, -0.1) is 0 Å². The van der Waals surface area contributed by atoms with Crippen LogP contribution in [0.3, 0.4) is 0 Å². The van der Waals surface area contributed by atoms with E-state index in [-0.39, 0.29) is 0 Å². The second kappa shape index (κ2) is 5.76. The maximum absolute atomic E-state index is 3.17. The largest absolute Gasteiger partial charge is 0.319 e. The molecule has 0 radical (unpaired) electrons. The molecule has 0 aromatic heterocycles. The molecule has 1 aromatic rings. The van der Waals surface area contributed by atoms with Crippen LogP contribution in [0, 0.1) is 0 Å². The lowest BCUT2D eigenvalue weighted by molar-refractivity contribution is 0.790. The Morgan fingerprint density at radius 1 is 1.15 bits per heavy atom. The molecule has 0 aliphatic carbocycles. The lowest BCUT2D eigenvalue weighted by Gasteiger charge is -2.03. The fourth-order valence-corrected chi connectivity index (χ4v) is 1.50. The molecule has 0 saturated heterocycles. The van der Waals surface area contributed by atoms with Crippen LogP contribution in [0.1, 0.15) is 24.5 Å². The first-order valence-corrected chi connectivity index (χ1v) is 5.09. The first kappa shape index (κ1) is 10.3. The van der Waals surface area contributed by atoms with Crippen LogP contribution in [-0.2, 0) is 12.8 Å². The van der Waals surface area contributed by atoms with Gasteiger partial charge in [-0.3, -0.25) is 0 Å². The van der Waals surface area contributed by atoms with E-state index < -0.39 is 0 Å². The minimum absolute atomic E-state index is 1.07. The Kier molecular flexibility index (Phi) is 4.55. The SMILES string of the molecule is CCCc1cccc(CCNC)c1. The molecule has 1 rings (SSSR count). The van der Waals surface area contributed by atoms with Crippen LogP contribution in [0.25, 0.3) is 0 Å². The van der Waals surface area contributed by atoms with Gasteiger partial charge in [0.2, 0.25) is 0 Å². The van der Waals surface area contributed by atoms with Gasteiger partial charge < -0.3 is 5.32 Å².